The summed E-state index contributed by atoms with van der Waals surface area (Å²) in [4.78, 5) is 3.85. The summed E-state index contributed by atoms with van der Waals surface area (Å²) in [6.45, 7) is 1.90. The van der Waals surface area contributed by atoms with Crippen LogP contribution in [0.15, 0.2) is 12.3 Å². The molecule has 0 saturated carbocycles. The van der Waals surface area contributed by atoms with Gasteiger partial charge in [0.25, 0.3) is 0 Å². The summed E-state index contributed by atoms with van der Waals surface area (Å²) in [5.41, 5.74) is 0.829. The third-order valence-electron chi connectivity index (χ3n) is 2.55. The predicted octanol–water partition coefficient (Wildman–Crippen LogP) is 3.11. The summed E-state index contributed by atoms with van der Waals surface area (Å²) in [6.07, 6.45) is -2.93. The van der Waals surface area contributed by atoms with Crippen molar-refractivity contribution < 1.29 is 27.4 Å². The third-order valence-corrected chi connectivity index (χ3v) is 2.55. The fraction of sp³-hybridized carbons (Fsp3) is 0.583. The van der Waals surface area contributed by atoms with E-state index >= 15 is 0 Å². The number of aryl methyl sites for hydroxylation is 1. The smallest absolute Gasteiger partial charge is 0.340 e. The Bertz CT molecular complexity index is 426. The first-order chi connectivity index (χ1) is 8.77. The molecule has 0 spiro atoms. The van der Waals surface area contributed by atoms with Gasteiger partial charge in [-0.2, -0.15) is 8.78 Å². The van der Waals surface area contributed by atoms with Crippen LogP contribution in [-0.2, 0) is 0 Å². The molecule has 1 rings (SSSR count). The standard InChI is InChI=1S/C12H15F4NO2/c1-3-9(18)8-4-7(2)10(5-17-8)19-6-12(15,16)11(13)14/h4-5,9,11,18H,3,6H2,1-2H3. The number of hydrogen-bond acceptors (Lipinski definition) is 3. The zero-order valence-corrected chi connectivity index (χ0v) is 10.5. The summed E-state index contributed by atoms with van der Waals surface area (Å²) in [5.74, 6) is -4.21. The lowest BCUT2D eigenvalue weighted by molar-refractivity contribution is -0.148. The van der Waals surface area contributed by atoms with Gasteiger partial charge in [0.1, 0.15) is 5.75 Å². The Labute approximate surface area is 108 Å². The van der Waals surface area contributed by atoms with Gasteiger partial charge in [-0.1, -0.05) is 6.92 Å². The molecule has 0 bridgehead atoms. The minimum Gasteiger partial charge on any atom is -0.485 e. The zero-order chi connectivity index (χ0) is 14.6. The monoisotopic (exact) mass is 281 g/mol. The first kappa shape index (κ1) is 15.7. The maximum Gasteiger partial charge on any atom is 0.340 e. The highest BCUT2D eigenvalue weighted by Gasteiger charge is 2.41. The average Bonchev–Trinajstić information content (AvgIpc) is 2.36. The van der Waals surface area contributed by atoms with Gasteiger partial charge in [-0.05, 0) is 25.0 Å². The molecule has 7 heteroatoms. The van der Waals surface area contributed by atoms with E-state index in [-0.39, 0.29) is 5.75 Å². The first-order valence-corrected chi connectivity index (χ1v) is 5.71. The molecule has 108 valence electrons. The summed E-state index contributed by atoms with van der Waals surface area (Å²) in [5, 5.41) is 9.55. The minimum absolute atomic E-state index is 0.00706. The molecular weight excluding hydrogens is 266 g/mol. The summed E-state index contributed by atoms with van der Waals surface area (Å²) in [6, 6.07) is 1.48. The van der Waals surface area contributed by atoms with Gasteiger partial charge in [-0.15, -0.1) is 0 Å². The molecule has 0 saturated heterocycles. The topological polar surface area (TPSA) is 42.4 Å². The molecule has 0 aliphatic rings. The van der Waals surface area contributed by atoms with Crippen molar-refractivity contribution in [3.63, 3.8) is 0 Å². The van der Waals surface area contributed by atoms with E-state index in [0.717, 1.165) is 6.20 Å². The molecule has 1 N–H and O–H groups in total. The normalized spacial score (nSPS) is 13.7. The third kappa shape index (κ3) is 4.05. The van der Waals surface area contributed by atoms with Crippen LogP contribution in [0.4, 0.5) is 17.6 Å². The van der Waals surface area contributed by atoms with Crippen molar-refractivity contribution in [1.29, 1.82) is 0 Å². The van der Waals surface area contributed by atoms with Gasteiger partial charge >= 0.3 is 12.3 Å². The van der Waals surface area contributed by atoms with E-state index in [4.69, 9.17) is 0 Å². The number of hydrogen-bond donors (Lipinski definition) is 1. The van der Waals surface area contributed by atoms with E-state index in [0.29, 0.717) is 17.7 Å². The van der Waals surface area contributed by atoms with Crippen molar-refractivity contribution in [2.45, 2.75) is 38.7 Å². The second-order valence-electron chi connectivity index (χ2n) is 4.15. The van der Waals surface area contributed by atoms with Crippen molar-refractivity contribution in [3.05, 3.63) is 23.5 Å². The SMILES string of the molecule is CCC(O)c1cc(C)c(OCC(F)(F)C(F)F)cn1. The molecule has 1 aromatic rings. The van der Waals surface area contributed by atoms with Crippen LogP contribution in [0, 0.1) is 6.92 Å². The summed E-state index contributed by atoms with van der Waals surface area (Å²) >= 11 is 0. The van der Waals surface area contributed by atoms with Gasteiger partial charge in [0, 0.05) is 0 Å². The van der Waals surface area contributed by atoms with E-state index in [9.17, 15) is 22.7 Å². The van der Waals surface area contributed by atoms with Crippen LogP contribution in [0.25, 0.3) is 0 Å². The minimum atomic E-state index is -4.20. The molecule has 0 fully saturated rings. The highest BCUT2D eigenvalue weighted by atomic mass is 19.3. The molecule has 0 aliphatic heterocycles. The molecule has 0 radical (unpaired) electrons. The van der Waals surface area contributed by atoms with Gasteiger partial charge in [0.2, 0.25) is 0 Å². The number of halogens is 4. The Kier molecular flexibility index (Phi) is 5.11. The van der Waals surface area contributed by atoms with Gasteiger partial charge in [0.15, 0.2) is 6.61 Å². The zero-order valence-electron chi connectivity index (χ0n) is 10.5. The van der Waals surface area contributed by atoms with Crippen LogP contribution in [-0.4, -0.2) is 29.0 Å². The van der Waals surface area contributed by atoms with Crippen molar-refractivity contribution >= 4 is 0 Å². The summed E-state index contributed by atoms with van der Waals surface area (Å²) < 4.78 is 53.9. The van der Waals surface area contributed by atoms with E-state index in [2.05, 4.69) is 9.72 Å². The van der Waals surface area contributed by atoms with Crippen molar-refractivity contribution in [1.82, 2.24) is 4.98 Å². The number of ether oxygens (including phenoxy) is 1. The highest BCUT2D eigenvalue weighted by Crippen LogP contribution is 2.26. The molecule has 0 aliphatic carbocycles. The quantitative estimate of drug-likeness (QED) is 0.815. The van der Waals surface area contributed by atoms with Gasteiger partial charge in [-0.3, -0.25) is 4.98 Å². The number of aliphatic hydroxyl groups is 1. The number of nitrogens with zero attached hydrogens (tertiary/aromatic N) is 1. The number of aromatic nitrogens is 1. The van der Waals surface area contributed by atoms with Gasteiger partial charge < -0.3 is 9.84 Å². The van der Waals surface area contributed by atoms with Crippen LogP contribution in [0.1, 0.15) is 30.7 Å². The second kappa shape index (κ2) is 6.18. The van der Waals surface area contributed by atoms with E-state index in [1.807, 2.05) is 0 Å². The van der Waals surface area contributed by atoms with E-state index in [1.165, 1.54) is 6.07 Å². The van der Waals surface area contributed by atoms with Crippen LogP contribution in [0.3, 0.4) is 0 Å². The lowest BCUT2D eigenvalue weighted by Gasteiger charge is -2.17. The first-order valence-electron chi connectivity index (χ1n) is 5.71. The Morgan fingerprint density at radius 2 is 2.05 bits per heavy atom. The van der Waals surface area contributed by atoms with Gasteiger partial charge in [-0.25, -0.2) is 8.78 Å². The largest absolute Gasteiger partial charge is 0.485 e. The second-order valence-corrected chi connectivity index (χ2v) is 4.15. The highest BCUT2D eigenvalue weighted by molar-refractivity contribution is 5.31. The lowest BCUT2D eigenvalue weighted by Crippen LogP contribution is -2.33. The van der Waals surface area contributed by atoms with Crippen molar-refractivity contribution in [2.24, 2.45) is 0 Å². The molecule has 1 atom stereocenters. The maximum atomic E-state index is 12.7. The van der Waals surface area contributed by atoms with Gasteiger partial charge in [0.05, 0.1) is 18.0 Å². The molecule has 0 amide bonds. The van der Waals surface area contributed by atoms with Crippen LogP contribution in [0.2, 0.25) is 0 Å². The van der Waals surface area contributed by atoms with Crippen LogP contribution < -0.4 is 4.74 Å². The Morgan fingerprint density at radius 3 is 2.53 bits per heavy atom. The van der Waals surface area contributed by atoms with Crippen molar-refractivity contribution in [2.75, 3.05) is 6.61 Å². The Morgan fingerprint density at radius 1 is 1.42 bits per heavy atom. The Hall–Kier alpha value is -1.37. The van der Waals surface area contributed by atoms with Crippen LogP contribution >= 0.6 is 0 Å². The summed E-state index contributed by atoms with van der Waals surface area (Å²) in [7, 11) is 0. The maximum absolute atomic E-state index is 12.7. The average molecular weight is 281 g/mol. The fourth-order valence-electron chi connectivity index (χ4n) is 1.34. The van der Waals surface area contributed by atoms with E-state index in [1.54, 1.807) is 13.8 Å². The predicted molar refractivity (Wildman–Crippen MR) is 60.7 cm³/mol. The number of alkyl halides is 4. The number of rotatable bonds is 6. The molecule has 3 nitrogen and oxygen atoms in total. The van der Waals surface area contributed by atoms with E-state index < -0.39 is 25.1 Å². The number of pyridine rings is 1. The molecule has 1 heterocycles. The molecular formula is C12H15F4NO2. The molecule has 0 aromatic carbocycles. The lowest BCUT2D eigenvalue weighted by atomic mass is 10.1. The molecule has 1 unspecified atom stereocenters. The Balaban J connectivity index is 2.76. The fourth-order valence-corrected chi connectivity index (χ4v) is 1.34. The number of aliphatic hydroxyl groups excluding tert-OH is 1. The molecule has 1 aromatic heterocycles. The van der Waals surface area contributed by atoms with Crippen LogP contribution in [0.5, 0.6) is 5.75 Å². The molecule has 19 heavy (non-hydrogen) atoms. The van der Waals surface area contributed by atoms with Crippen molar-refractivity contribution in [3.8, 4) is 5.75 Å².